The minimum Gasteiger partial charge on any atom is -0.466 e. The second-order valence-corrected chi connectivity index (χ2v) is 12.4. The lowest BCUT2D eigenvalue weighted by molar-refractivity contribution is -0.144. The van der Waals surface area contributed by atoms with Crippen molar-refractivity contribution >= 4 is 24.1 Å². The minimum atomic E-state index is -0.368. The summed E-state index contributed by atoms with van der Waals surface area (Å²) in [5.74, 6) is -0.496. The van der Waals surface area contributed by atoms with Gasteiger partial charge in [0.2, 0.25) is 0 Å². The van der Waals surface area contributed by atoms with E-state index >= 15 is 0 Å². The van der Waals surface area contributed by atoms with Crippen molar-refractivity contribution in [1.29, 1.82) is 0 Å². The van der Waals surface area contributed by atoms with Crippen LogP contribution in [0.1, 0.15) is 124 Å². The molecule has 0 spiro atoms. The molecule has 0 aromatic carbocycles. The van der Waals surface area contributed by atoms with E-state index in [2.05, 4.69) is 34.3 Å². The molecular weight excluding hydrogens is 604 g/mol. The van der Waals surface area contributed by atoms with Crippen LogP contribution in [0.2, 0.25) is 0 Å². The SMILES string of the molecule is CCCC(CC)OC(=O)NCCCCCOC(=O)CCN(CCCN(C)C)CCC(=O)OCCCCCNC(=O)OC(CC)CCC. The zero-order chi connectivity index (χ0) is 35.1. The molecule has 0 heterocycles. The molecular formula is C35H68N4O8. The number of alkyl carbamates (subject to hydrolysis) is 2. The summed E-state index contributed by atoms with van der Waals surface area (Å²) in [5.41, 5.74) is 0. The van der Waals surface area contributed by atoms with Crippen LogP contribution in [0.4, 0.5) is 9.59 Å². The van der Waals surface area contributed by atoms with E-state index in [4.69, 9.17) is 18.9 Å². The average molecular weight is 673 g/mol. The van der Waals surface area contributed by atoms with Gasteiger partial charge in [0.15, 0.2) is 0 Å². The number of hydrogen-bond donors (Lipinski definition) is 2. The summed E-state index contributed by atoms with van der Waals surface area (Å²) in [6.45, 7) is 12.7. The van der Waals surface area contributed by atoms with Gasteiger partial charge < -0.3 is 39.4 Å². The molecule has 0 aromatic rings. The van der Waals surface area contributed by atoms with Crippen molar-refractivity contribution in [1.82, 2.24) is 20.4 Å². The number of unbranched alkanes of at least 4 members (excludes halogenated alkanes) is 4. The molecule has 0 saturated heterocycles. The Hall–Kier alpha value is -2.60. The van der Waals surface area contributed by atoms with Gasteiger partial charge in [-0.25, -0.2) is 9.59 Å². The molecule has 2 atom stereocenters. The molecule has 0 aliphatic heterocycles. The van der Waals surface area contributed by atoms with Gasteiger partial charge in [-0.3, -0.25) is 9.59 Å². The first kappa shape index (κ1) is 44.4. The number of ether oxygens (including phenoxy) is 4. The van der Waals surface area contributed by atoms with Gasteiger partial charge in [0.1, 0.15) is 12.2 Å². The Labute approximate surface area is 285 Å². The Kier molecular flexibility index (Phi) is 29.0. The summed E-state index contributed by atoms with van der Waals surface area (Å²) in [7, 11) is 4.04. The third-order valence-electron chi connectivity index (χ3n) is 7.73. The molecule has 0 aromatic heterocycles. The number of hydrogen-bond acceptors (Lipinski definition) is 10. The summed E-state index contributed by atoms with van der Waals surface area (Å²) < 4.78 is 21.6. The van der Waals surface area contributed by atoms with Crippen molar-refractivity contribution in [3.8, 4) is 0 Å². The summed E-state index contributed by atoms with van der Waals surface area (Å²) in [4.78, 5) is 52.7. The third kappa shape index (κ3) is 28.2. The molecule has 0 bridgehead atoms. The van der Waals surface area contributed by atoms with E-state index < -0.39 is 0 Å². The lowest BCUT2D eigenvalue weighted by atomic mass is 10.2. The van der Waals surface area contributed by atoms with Gasteiger partial charge in [-0.15, -0.1) is 0 Å². The van der Waals surface area contributed by atoms with E-state index in [1.54, 1.807) is 0 Å². The number of amides is 2. The monoisotopic (exact) mass is 673 g/mol. The largest absolute Gasteiger partial charge is 0.466 e. The van der Waals surface area contributed by atoms with Gasteiger partial charge in [0, 0.05) is 26.2 Å². The second-order valence-electron chi connectivity index (χ2n) is 12.4. The Bertz CT molecular complexity index is 756. The number of carbonyl (C=O) groups excluding carboxylic acids is 4. The summed E-state index contributed by atoms with van der Waals surface area (Å²) >= 11 is 0. The lowest BCUT2D eigenvalue weighted by Gasteiger charge is -2.22. The molecule has 12 heteroatoms. The van der Waals surface area contributed by atoms with Crippen LogP contribution in [0, 0.1) is 0 Å². The fourth-order valence-electron chi connectivity index (χ4n) is 4.87. The highest BCUT2D eigenvalue weighted by Gasteiger charge is 2.14. The van der Waals surface area contributed by atoms with Crippen molar-refractivity contribution in [2.24, 2.45) is 0 Å². The highest BCUT2D eigenvalue weighted by molar-refractivity contribution is 5.70. The first-order valence-corrected chi connectivity index (χ1v) is 18.2. The molecule has 2 amide bonds. The van der Waals surface area contributed by atoms with Crippen molar-refractivity contribution < 1.29 is 38.1 Å². The Morgan fingerprint density at radius 1 is 0.574 bits per heavy atom. The molecule has 0 rings (SSSR count). The Morgan fingerprint density at radius 3 is 1.40 bits per heavy atom. The Balaban J connectivity index is 4.14. The summed E-state index contributed by atoms with van der Waals surface area (Å²) in [6, 6.07) is 0. The maximum absolute atomic E-state index is 12.4. The van der Waals surface area contributed by atoms with Crippen LogP contribution in [0.3, 0.4) is 0 Å². The van der Waals surface area contributed by atoms with Crippen molar-refractivity contribution in [3.63, 3.8) is 0 Å². The molecule has 47 heavy (non-hydrogen) atoms. The number of carbonyl (C=O) groups is 4. The highest BCUT2D eigenvalue weighted by atomic mass is 16.6. The van der Waals surface area contributed by atoms with E-state index in [0.29, 0.717) is 39.4 Å². The summed E-state index contributed by atoms with van der Waals surface area (Å²) in [5, 5.41) is 5.58. The second kappa shape index (κ2) is 30.7. The molecule has 12 nitrogen and oxygen atoms in total. The Morgan fingerprint density at radius 2 is 1.02 bits per heavy atom. The van der Waals surface area contributed by atoms with Gasteiger partial charge in [0.05, 0.1) is 26.1 Å². The van der Waals surface area contributed by atoms with E-state index in [0.717, 1.165) is 96.6 Å². The smallest absolute Gasteiger partial charge is 0.407 e. The van der Waals surface area contributed by atoms with E-state index in [1.165, 1.54) is 0 Å². The normalized spacial score (nSPS) is 12.4. The van der Waals surface area contributed by atoms with E-state index in [-0.39, 0.29) is 49.2 Å². The first-order chi connectivity index (χ1) is 22.6. The van der Waals surface area contributed by atoms with Crippen molar-refractivity contribution in [2.45, 2.75) is 136 Å². The molecule has 2 N–H and O–H groups in total. The zero-order valence-corrected chi connectivity index (χ0v) is 30.6. The predicted molar refractivity (Wildman–Crippen MR) is 185 cm³/mol. The average Bonchev–Trinajstić information content (AvgIpc) is 3.04. The number of esters is 2. The van der Waals surface area contributed by atoms with Gasteiger partial charge in [-0.05, 0) is 97.8 Å². The number of rotatable bonds is 30. The molecule has 276 valence electrons. The topological polar surface area (TPSA) is 136 Å². The molecule has 0 aliphatic rings. The van der Waals surface area contributed by atoms with Crippen molar-refractivity contribution in [3.05, 3.63) is 0 Å². The van der Waals surface area contributed by atoms with Gasteiger partial charge >= 0.3 is 24.1 Å². The molecule has 0 aliphatic carbocycles. The fraction of sp³-hybridized carbons (Fsp3) is 0.886. The molecule has 2 unspecified atom stereocenters. The molecule has 0 fully saturated rings. The quantitative estimate of drug-likeness (QED) is 0.0527. The summed E-state index contributed by atoms with van der Waals surface area (Å²) in [6.07, 6.45) is 10.7. The highest BCUT2D eigenvalue weighted by Crippen LogP contribution is 2.08. The molecule has 0 saturated carbocycles. The third-order valence-corrected chi connectivity index (χ3v) is 7.73. The molecule has 0 radical (unpaired) electrons. The van der Waals surface area contributed by atoms with Crippen LogP contribution in [0.5, 0.6) is 0 Å². The van der Waals surface area contributed by atoms with E-state index in [9.17, 15) is 19.2 Å². The minimum absolute atomic E-state index is 0.0314. The van der Waals surface area contributed by atoms with Gasteiger partial charge in [0.25, 0.3) is 0 Å². The van der Waals surface area contributed by atoms with Crippen LogP contribution < -0.4 is 10.6 Å². The van der Waals surface area contributed by atoms with Gasteiger partial charge in [-0.2, -0.15) is 0 Å². The zero-order valence-electron chi connectivity index (χ0n) is 30.6. The van der Waals surface area contributed by atoms with Gasteiger partial charge in [-0.1, -0.05) is 40.5 Å². The lowest BCUT2D eigenvalue weighted by Crippen LogP contribution is -2.32. The number of nitrogens with one attached hydrogen (secondary N) is 2. The standard InChI is InChI=1S/C35H68N4O8/c1-7-18-30(9-3)46-34(42)36-22-13-11-15-28-44-32(40)20-26-39(25-17-24-38(5)6)27-21-33(41)45-29-16-12-14-23-37-35(43)47-31(10-4)19-8-2/h30-31H,7-29H2,1-6H3,(H,36,42)(H,37,43). The fourth-order valence-corrected chi connectivity index (χ4v) is 4.87. The predicted octanol–water partition coefficient (Wildman–Crippen LogP) is 6.06. The first-order valence-electron chi connectivity index (χ1n) is 18.2. The van der Waals surface area contributed by atoms with Crippen LogP contribution in [-0.2, 0) is 28.5 Å². The van der Waals surface area contributed by atoms with Crippen LogP contribution in [0.15, 0.2) is 0 Å². The maximum atomic E-state index is 12.4. The van der Waals surface area contributed by atoms with Crippen LogP contribution in [0.25, 0.3) is 0 Å². The van der Waals surface area contributed by atoms with Crippen LogP contribution in [-0.4, -0.2) is 113 Å². The maximum Gasteiger partial charge on any atom is 0.407 e. The number of nitrogens with zero attached hydrogens (tertiary/aromatic N) is 2. The van der Waals surface area contributed by atoms with Crippen molar-refractivity contribution in [2.75, 3.05) is 66.6 Å². The van der Waals surface area contributed by atoms with E-state index in [1.807, 2.05) is 27.9 Å². The van der Waals surface area contributed by atoms with Crippen LogP contribution >= 0.6 is 0 Å².